The van der Waals surface area contributed by atoms with Gasteiger partial charge >= 0.3 is 5.97 Å². The van der Waals surface area contributed by atoms with Crippen molar-refractivity contribution in [1.82, 2.24) is 0 Å². The Labute approximate surface area is 155 Å². The largest absolute Gasteiger partial charge is 0.491 e. The molecule has 0 unspecified atom stereocenters. The van der Waals surface area contributed by atoms with Gasteiger partial charge in [-0.15, -0.1) is 0 Å². The number of aliphatic hydroxyl groups is 1. The summed E-state index contributed by atoms with van der Waals surface area (Å²) in [6.07, 6.45) is 0. The van der Waals surface area contributed by atoms with E-state index >= 15 is 0 Å². The van der Waals surface area contributed by atoms with Crippen molar-refractivity contribution in [1.29, 1.82) is 0 Å². The summed E-state index contributed by atoms with van der Waals surface area (Å²) in [5.74, 6) is -0.190. The Kier molecular flexibility index (Phi) is 7.37. The maximum atomic E-state index is 12.2. The lowest BCUT2D eigenvalue weighted by atomic mass is 10.1. The monoisotopic (exact) mass is 373 g/mol. The van der Waals surface area contributed by atoms with Gasteiger partial charge in [-0.2, -0.15) is 0 Å². The lowest BCUT2D eigenvalue weighted by Crippen LogP contribution is -2.11. The highest BCUT2D eigenvalue weighted by Crippen LogP contribution is 2.30. The number of hydrogen-bond acceptors (Lipinski definition) is 7. The van der Waals surface area contributed by atoms with Gasteiger partial charge in [-0.05, 0) is 49.4 Å². The molecule has 6 nitrogen and oxygen atoms in total. The Hall–Kier alpha value is -2.64. The maximum absolute atomic E-state index is 12.2. The number of benzene rings is 2. The molecule has 1 N–H and O–H groups in total. The van der Waals surface area contributed by atoms with Crippen molar-refractivity contribution in [3.63, 3.8) is 0 Å². The number of rotatable bonds is 8. The standard InChI is InChI=1S/C19H19NO5S/c1-13(20-25-14(2)22)19(23)15-6-8-17(9-7-15)26-18-5-3-4-16(12-18)24-11-10-21/h3-9,12,21H,10-11H2,1-2H3. The van der Waals surface area contributed by atoms with Crippen LogP contribution in [0.4, 0.5) is 0 Å². The molecule has 0 bridgehead atoms. The first-order valence-electron chi connectivity index (χ1n) is 7.88. The quantitative estimate of drug-likeness (QED) is 0.331. The average molecular weight is 373 g/mol. The van der Waals surface area contributed by atoms with E-state index in [1.165, 1.54) is 25.6 Å². The summed E-state index contributed by atoms with van der Waals surface area (Å²) < 4.78 is 5.39. The van der Waals surface area contributed by atoms with Crippen molar-refractivity contribution in [2.24, 2.45) is 5.16 Å². The van der Waals surface area contributed by atoms with Crippen molar-refractivity contribution in [3.8, 4) is 5.75 Å². The summed E-state index contributed by atoms with van der Waals surface area (Å²) in [5, 5.41) is 12.3. The highest BCUT2D eigenvalue weighted by Gasteiger charge is 2.11. The molecule has 26 heavy (non-hydrogen) atoms. The Bertz CT molecular complexity index is 802. The van der Waals surface area contributed by atoms with Gasteiger partial charge in [-0.25, -0.2) is 4.79 Å². The minimum atomic E-state index is -0.575. The predicted molar refractivity (Wildman–Crippen MR) is 98.8 cm³/mol. The van der Waals surface area contributed by atoms with Gasteiger partial charge in [0.1, 0.15) is 18.1 Å². The minimum Gasteiger partial charge on any atom is -0.491 e. The van der Waals surface area contributed by atoms with E-state index in [1.54, 1.807) is 12.1 Å². The number of hydrogen-bond donors (Lipinski definition) is 1. The van der Waals surface area contributed by atoms with Crippen LogP contribution in [-0.2, 0) is 9.63 Å². The van der Waals surface area contributed by atoms with Crippen LogP contribution in [0.25, 0.3) is 0 Å². The highest BCUT2D eigenvalue weighted by atomic mass is 32.2. The number of carbonyl (C=O) groups is 2. The fourth-order valence-electron chi connectivity index (χ4n) is 1.98. The molecule has 0 aliphatic carbocycles. The number of nitrogens with zero attached hydrogens (tertiary/aromatic N) is 1. The molecule has 0 saturated carbocycles. The van der Waals surface area contributed by atoms with Crippen molar-refractivity contribution in [2.75, 3.05) is 13.2 Å². The van der Waals surface area contributed by atoms with Crippen LogP contribution in [0.3, 0.4) is 0 Å². The molecule has 0 spiro atoms. The van der Waals surface area contributed by atoms with Gasteiger partial charge in [0.25, 0.3) is 0 Å². The van der Waals surface area contributed by atoms with Crippen molar-refractivity contribution >= 4 is 29.2 Å². The summed E-state index contributed by atoms with van der Waals surface area (Å²) in [6.45, 7) is 2.93. The number of carbonyl (C=O) groups excluding carboxylic acids is 2. The molecule has 0 aromatic heterocycles. The SMILES string of the molecule is CC(=O)ON=C(C)C(=O)c1ccc(Sc2cccc(OCCO)c2)cc1. The molecule has 2 rings (SSSR count). The summed E-state index contributed by atoms with van der Waals surface area (Å²) in [5.41, 5.74) is 0.567. The highest BCUT2D eigenvalue weighted by molar-refractivity contribution is 7.99. The molecular formula is C19H19NO5S. The Morgan fingerprint density at radius 3 is 2.46 bits per heavy atom. The lowest BCUT2D eigenvalue weighted by molar-refractivity contribution is -0.140. The smallest absolute Gasteiger partial charge is 0.331 e. The second-order valence-corrected chi connectivity index (χ2v) is 6.41. The van der Waals surface area contributed by atoms with Crippen molar-refractivity contribution < 1.29 is 24.3 Å². The van der Waals surface area contributed by atoms with Crippen LogP contribution in [0.2, 0.25) is 0 Å². The third-order valence-electron chi connectivity index (χ3n) is 3.16. The van der Waals surface area contributed by atoms with Crippen LogP contribution in [0, 0.1) is 0 Å². The van der Waals surface area contributed by atoms with E-state index in [2.05, 4.69) is 9.99 Å². The Balaban J connectivity index is 2.04. The van der Waals surface area contributed by atoms with E-state index in [-0.39, 0.29) is 24.7 Å². The van der Waals surface area contributed by atoms with E-state index in [0.717, 1.165) is 9.79 Å². The second-order valence-electron chi connectivity index (χ2n) is 5.26. The van der Waals surface area contributed by atoms with Crippen LogP contribution in [0.5, 0.6) is 5.75 Å². The van der Waals surface area contributed by atoms with Gasteiger partial charge in [0.2, 0.25) is 5.78 Å². The van der Waals surface area contributed by atoms with Crippen LogP contribution in [0.1, 0.15) is 24.2 Å². The molecule has 0 aliphatic rings. The molecule has 0 fully saturated rings. The van der Waals surface area contributed by atoms with Crippen LogP contribution >= 0.6 is 11.8 Å². The first-order chi connectivity index (χ1) is 12.5. The van der Waals surface area contributed by atoms with Crippen LogP contribution < -0.4 is 4.74 Å². The number of ketones is 1. The molecular weight excluding hydrogens is 354 g/mol. The van der Waals surface area contributed by atoms with Gasteiger partial charge in [-0.3, -0.25) is 4.79 Å². The molecule has 7 heteroatoms. The molecule has 0 heterocycles. The molecule has 0 radical (unpaired) electrons. The van der Waals surface area contributed by atoms with E-state index in [1.807, 2.05) is 36.4 Å². The first kappa shape index (κ1) is 19.7. The molecule has 136 valence electrons. The van der Waals surface area contributed by atoms with Gasteiger partial charge in [0, 0.05) is 22.3 Å². The zero-order valence-electron chi connectivity index (χ0n) is 14.5. The number of oxime groups is 1. The van der Waals surface area contributed by atoms with Gasteiger partial charge in [0.15, 0.2) is 0 Å². The molecule has 2 aromatic rings. The summed E-state index contributed by atoms with van der Waals surface area (Å²) in [6, 6.07) is 14.6. The third-order valence-corrected chi connectivity index (χ3v) is 4.15. The number of Topliss-reactive ketones (excluding diaryl/α,β-unsaturated/α-hetero) is 1. The maximum Gasteiger partial charge on any atom is 0.331 e. The van der Waals surface area contributed by atoms with E-state index in [0.29, 0.717) is 11.3 Å². The molecule has 0 atom stereocenters. The Morgan fingerprint density at radius 1 is 1.08 bits per heavy atom. The second kappa shape index (κ2) is 9.74. The summed E-state index contributed by atoms with van der Waals surface area (Å²) >= 11 is 1.52. The molecule has 0 amide bonds. The zero-order valence-corrected chi connectivity index (χ0v) is 15.3. The first-order valence-corrected chi connectivity index (χ1v) is 8.70. The predicted octanol–water partition coefficient (Wildman–Crippen LogP) is 3.33. The van der Waals surface area contributed by atoms with Crippen LogP contribution in [-0.4, -0.2) is 35.8 Å². The molecule has 0 saturated heterocycles. The fraction of sp³-hybridized carbons (Fsp3) is 0.211. The topological polar surface area (TPSA) is 85.2 Å². The average Bonchev–Trinajstić information content (AvgIpc) is 2.64. The number of ether oxygens (including phenoxy) is 1. The normalized spacial score (nSPS) is 11.1. The number of aliphatic hydroxyl groups excluding tert-OH is 1. The van der Waals surface area contributed by atoms with Gasteiger partial charge < -0.3 is 14.7 Å². The van der Waals surface area contributed by atoms with E-state index < -0.39 is 5.97 Å². The van der Waals surface area contributed by atoms with Crippen molar-refractivity contribution in [2.45, 2.75) is 23.6 Å². The lowest BCUT2D eigenvalue weighted by Gasteiger charge is -2.07. The molecule has 0 aliphatic heterocycles. The van der Waals surface area contributed by atoms with E-state index in [4.69, 9.17) is 9.84 Å². The summed E-state index contributed by atoms with van der Waals surface area (Å²) in [4.78, 5) is 29.4. The zero-order chi connectivity index (χ0) is 18.9. The van der Waals surface area contributed by atoms with Gasteiger partial charge in [-0.1, -0.05) is 23.0 Å². The molecule has 2 aromatic carbocycles. The van der Waals surface area contributed by atoms with Crippen molar-refractivity contribution in [3.05, 3.63) is 54.1 Å². The van der Waals surface area contributed by atoms with Crippen LogP contribution in [0.15, 0.2) is 63.5 Å². The summed E-state index contributed by atoms with van der Waals surface area (Å²) in [7, 11) is 0. The van der Waals surface area contributed by atoms with E-state index in [9.17, 15) is 9.59 Å². The van der Waals surface area contributed by atoms with Gasteiger partial charge in [0.05, 0.1) is 6.61 Å². The Morgan fingerprint density at radius 2 is 1.81 bits per heavy atom. The fourth-order valence-corrected chi connectivity index (χ4v) is 2.85. The third kappa shape index (κ3) is 6.02. The minimum absolute atomic E-state index is 0.0347.